The second-order valence-electron chi connectivity index (χ2n) is 6.34. The molecule has 20 heavy (non-hydrogen) atoms. The van der Waals surface area contributed by atoms with Crippen molar-refractivity contribution in [3.63, 3.8) is 0 Å². The molecule has 2 heterocycles. The molecule has 2 aliphatic rings. The third kappa shape index (κ3) is 4.29. The van der Waals surface area contributed by atoms with Gasteiger partial charge in [0.25, 0.3) is 0 Å². The number of hydrogen-bond donors (Lipinski definition) is 1. The minimum atomic E-state index is 0.651. The lowest BCUT2D eigenvalue weighted by Gasteiger charge is -2.38. The van der Waals surface area contributed by atoms with E-state index in [0.29, 0.717) is 6.04 Å². The van der Waals surface area contributed by atoms with Crippen LogP contribution in [0, 0.1) is 5.92 Å². The van der Waals surface area contributed by atoms with Gasteiger partial charge in [0, 0.05) is 56.7 Å². The van der Waals surface area contributed by atoms with Gasteiger partial charge in [0.2, 0.25) is 0 Å². The molecule has 0 radical (unpaired) electrons. The minimum absolute atomic E-state index is 0.651. The molecule has 1 N–H and O–H groups in total. The van der Waals surface area contributed by atoms with Crippen LogP contribution in [0.1, 0.15) is 24.6 Å². The topological polar surface area (TPSA) is 18.5 Å². The van der Waals surface area contributed by atoms with E-state index in [4.69, 9.17) is 0 Å². The van der Waals surface area contributed by atoms with Gasteiger partial charge < -0.3 is 10.2 Å². The second kappa shape index (κ2) is 7.03. The fraction of sp³-hybridized carbons (Fsp3) is 0.750. The van der Waals surface area contributed by atoms with Crippen molar-refractivity contribution >= 4 is 11.3 Å². The van der Waals surface area contributed by atoms with E-state index in [1.54, 1.807) is 0 Å². The molecule has 1 aliphatic carbocycles. The zero-order chi connectivity index (χ0) is 13.8. The van der Waals surface area contributed by atoms with Gasteiger partial charge in [-0.15, -0.1) is 11.3 Å². The normalized spacial score (nSPS) is 23.1. The molecule has 1 unspecified atom stereocenters. The van der Waals surface area contributed by atoms with Crippen LogP contribution >= 0.6 is 11.3 Å². The van der Waals surface area contributed by atoms with Crippen molar-refractivity contribution in [2.24, 2.45) is 5.92 Å². The Morgan fingerprint density at radius 3 is 2.75 bits per heavy atom. The molecule has 1 saturated heterocycles. The van der Waals surface area contributed by atoms with Crippen molar-refractivity contribution in [2.75, 3.05) is 39.3 Å². The van der Waals surface area contributed by atoms with Crippen LogP contribution in [-0.2, 0) is 6.54 Å². The van der Waals surface area contributed by atoms with Crippen molar-refractivity contribution in [2.45, 2.75) is 32.4 Å². The highest BCUT2D eigenvalue weighted by Gasteiger charge is 2.27. The first-order valence-corrected chi connectivity index (χ1v) is 8.89. The van der Waals surface area contributed by atoms with Crippen molar-refractivity contribution in [3.05, 3.63) is 22.4 Å². The Morgan fingerprint density at radius 1 is 1.30 bits per heavy atom. The quantitative estimate of drug-likeness (QED) is 0.832. The highest BCUT2D eigenvalue weighted by atomic mass is 32.1. The molecule has 3 nitrogen and oxygen atoms in total. The zero-order valence-electron chi connectivity index (χ0n) is 12.6. The Morgan fingerprint density at radius 2 is 2.10 bits per heavy atom. The van der Waals surface area contributed by atoms with E-state index in [0.717, 1.165) is 19.0 Å². The number of rotatable bonds is 7. The highest BCUT2D eigenvalue weighted by Crippen LogP contribution is 2.29. The van der Waals surface area contributed by atoms with Crippen LogP contribution in [0.5, 0.6) is 0 Å². The Balaban J connectivity index is 1.32. The van der Waals surface area contributed by atoms with Crippen LogP contribution in [0.3, 0.4) is 0 Å². The van der Waals surface area contributed by atoms with Crippen LogP contribution in [0.2, 0.25) is 0 Å². The summed E-state index contributed by atoms with van der Waals surface area (Å²) in [6, 6.07) is 4.99. The number of piperazine rings is 1. The van der Waals surface area contributed by atoms with Crippen LogP contribution in [0.4, 0.5) is 0 Å². The molecule has 0 spiro atoms. The molecule has 0 amide bonds. The first kappa shape index (κ1) is 14.5. The maximum absolute atomic E-state index is 3.59. The van der Waals surface area contributed by atoms with Crippen molar-refractivity contribution in [3.8, 4) is 0 Å². The largest absolute Gasteiger partial charge is 0.310 e. The summed E-state index contributed by atoms with van der Waals surface area (Å²) < 4.78 is 0. The van der Waals surface area contributed by atoms with Crippen LogP contribution in [-0.4, -0.2) is 55.1 Å². The Labute approximate surface area is 127 Å². The molecule has 4 heteroatoms. The molecule has 1 aromatic heterocycles. The average Bonchev–Trinajstić information content (AvgIpc) is 3.12. The highest BCUT2D eigenvalue weighted by molar-refractivity contribution is 7.09. The summed E-state index contributed by atoms with van der Waals surface area (Å²) in [5.74, 6) is 1.03. The predicted molar refractivity (Wildman–Crippen MR) is 86.2 cm³/mol. The van der Waals surface area contributed by atoms with Crippen LogP contribution in [0.15, 0.2) is 17.5 Å². The number of thiophene rings is 1. The monoisotopic (exact) mass is 293 g/mol. The van der Waals surface area contributed by atoms with Crippen molar-refractivity contribution < 1.29 is 0 Å². The lowest BCUT2D eigenvalue weighted by molar-refractivity contribution is 0.0986. The summed E-state index contributed by atoms with van der Waals surface area (Å²) in [5, 5.41) is 5.75. The maximum atomic E-state index is 3.59. The number of nitrogens with zero attached hydrogens (tertiary/aromatic N) is 2. The maximum Gasteiger partial charge on any atom is 0.0300 e. The van der Waals surface area contributed by atoms with Crippen LogP contribution in [0.25, 0.3) is 0 Å². The first-order valence-electron chi connectivity index (χ1n) is 8.01. The molecular weight excluding hydrogens is 266 g/mol. The Hall–Kier alpha value is -0.420. The molecule has 0 aromatic carbocycles. The van der Waals surface area contributed by atoms with E-state index in [1.807, 2.05) is 11.3 Å². The van der Waals surface area contributed by atoms with E-state index in [9.17, 15) is 0 Å². The van der Waals surface area contributed by atoms with Gasteiger partial charge >= 0.3 is 0 Å². The van der Waals surface area contributed by atoms with E-state index in [-0.39, 0.29) is 0 Å². The molecular formula is C16H27N3S. The lowest BCUT2D eigenvalue weighted by Crippen LogP contribution is -2.52. The summed E-state index contributed by atoms with van der Waals surface area (Å²) in [6.45, 7) is 10.9. The number of hydrogen-bond acceptors (Lipinski definition) is 4. The van der Waals surface area contributed by atoms with Gasteiger partial charge in [-0.05, 0) is 37.1 Å². The molecule has 1 saturated carbocycles. The summed E-state index contributed by atoms with van der Waals surface area (Å²) in [5.41, 5.74) is 0. The molecule has 2 fully saturated rings. The van der Waals surface area contributed by atoms with Gasteiger partial charge in [-0.1, -0.05) is 6.07 Å². The van der Waals surface area contributed by atoms with E-state index < -0.39 is 0 Å². The van der Waals surface area contributed by atoms with Crippen LogP contribution < -0.4 is 5.32 Å². The average molecular weight is 293 g/mol. The summed E-state index contributed by atoms with van der Waals surface area (Å²) in [6.07, 6.45) is 2.95. The third-order valence-electron chi connectivity index (χ3n) is 4.56. The molecule has 1 aliphatic heterocycles. The van der Waals surface area contributed by atoms with Gasteiger partial charge in [0.05, 0.1) is 0 Å². The van der Waals surface area contributed by atoms with E-state index in [2.05, 4.69) is 39.6 Å². The second-order valence-corrected chi connectivity index (χ2v) is 7.37. The van der Waals surface area contributed by atoms with Gasteiger partial charge in [0.15, 0.2) is 0 Å². The summed E-state index contributed by atoms with van der Waals surface area (Å²) in [7, 11) is 0. The first-order chi connectivity index (χ1) is 9.81. The standard InChI is InChI=1S/C16H27N3S/c1-14(11-17-12-16-3-2-10-20-16)19-8-6-18(7-9-19)13-15-4-5-15/h2-3,10,14-15,17H,4-9,11-13H2,1H3. The van der Waals surface area contributed by atoms with Crippen molar-refractivity contribution in [1.29, 1.82) is 0 Å². The molecule has 112 valence electrons. The van der Waals surface area contributed by atoms with E-state index in [1.165, 1.54) is 50.4 Å². The molecule has 1 atom stereocenters. The van der Waals surface area contributed by atoms with Gasteiger partial charge in [-0.3, -0.25) is 4.90 Å². The van der Waals surface area contributed by atoms with Gasteiger partial charge in [-0.2, -0.15) is 0 Å². The smallest absolute Gasteiger partial charge is 0.0300 e. The summed E-state index contributed by atoms with van der Waals surface area (Å²) >= 11 is 1.84. The zero-order valence-corrected chi connectivity index (χ0v) is 13.4. The SMILES string of the molecule is CC(CNCc1cccs1)N1CCN(CC2CC2)CC1. The predicted octanol–water partition coefficient (Wildman–Crippen LogP) is 2.25. The fourth-order valence-electron chi connectivity index (χ4n) is 3.00. The minimum Gasteiger partial charge on any atom is -0.310 e. The lowest BCUT2D eigenvalue weighted by atomic mass is 10.2. The molecule has 3 rings (SSSR count). The Bertz CT molecular complexity index is 380. The third-order valence-corrected chi connectivity index (χ3v) is 5.44. The Kier molecular flexibility index (Phi) is 5.10. The molecule has 0 bridgehead atoms. The fourth-order valence-corrected chi connectivity index (χ4v) is 3.67. The van der Waals surface area contributed by atoms with E-state index >= 15 is 0 Å². The van der Waals surface area contributed by atoms with Gasteiger partial charge in [0.1, 0.15) is 0 Å². The number of nitrogens with one attached hydrogen (secondary N) is 1. The molecule has 1 aromatic rings. The summed E-state index contributed by atoms with van der Waals surface area (Å²) in [4.78, 5) is 6.75. The van der Waals surface area contributed by atoms with Crippen molar-refractivity contribution in [1.82, 2.24) is 15.1 Å². The van der Waals surface area contributed by atoms with Gasteiger partial charge in [-0.25, -0.2) is 0 Å².